The van der Waals surface area contributed by atoms with Crippen molar-refractivity contribution >= 4 is 52.4 Å². The minimum absolute atomic E-state index is 0.0476. The molecule has 0 radical (unpaired) electrons. The summed E-state index contributed by atoms with van der Waals surface area (Å²) in [5.41, 5.74) is 1.77. The number of carbonyl (C=O) groups is 3. The Hall–Kier alpha value is -2.83. The number of amides is 2. The zero-order valence-electron chi connectivity index (χ0n) is 16.0. The van der Waals surface area contributed by atoms with Gasteiger partial charge in [-0.15, -0.1) is 0 Å². The van der Waals surface area contributed by atoms with Crippen LogP contribution in [0, 0.1) is 6.92 Å². The quantitative estimate of drug-likeness (QED) is 0.549. The minimum Gasteiger partial charge on any atom is -0.459 e. The van der Waals surface area contributed by atoms with Crippen LogP contribution in [-0.4, -0.2) is 23.9 Å². The standard InChI is InChI=1S/C21H18Cl2N2O4/c1-11(2)29-21(28)13-7-9-14(10-8-13)24-18-17(23)19(26)25(20(18)27)16-6-4-5-15(22)12(16)3/h4-11,24H,1-3H3. The second kappa shape index (κ2) is 8.27. The minimum atomic E-state index is -0.637. The van der Waals surface area contributed by atoms with Gasteiger partial charge in [-0.05, 0) is 62.7 Å². The molecule has 150 valence electrons. The topological polar surface area (TPSA) is 75.7 Å². The van der Waals surface area contributed by atoms with Gasteiger partial charge in [-0.2, -0.15) is 0 Å². The fourth-order valence-electron chi connectivity index (χ4n) is 2.78. The Kier molecular flexibility index (Phi) is 5.96. The van der Waals surface area contributed by atoms with E-state index in [4.69, 9.17) is 27.9 Å². The third-order valence-electron chi connectivity index (χ3n) is 4.24. The maximum atomic E-state index is 12.9. The maximum Gasteiger partial charge on any atom is 0.338 e. The number of nitrogens with one attached hydrogen (secondary N) is 1. The van der Waals surface area contributed by atoms with Crippen LogP contribution in [0.15, 0.2) is 53.2 Å². The number of imide groups is 1. The van der Waals surface area contributed by atoms with E-state index in [1.54, 1.807) is 63.2 Å². The second-order valence-corrected chi connectivity index (χ2v) is 7.46. The Morgan fingerprint density at radius 3 is 2.31 bits per heavy atom. The first kappa shape index (κ1) is 20.9. The Labute approximate surface area is 178 Å². The van der Waals surface area contributed by atoms with E-state index in [0.717, 1.165) is 4.90 Å². The van der Waals surface area contributed by atoms with E-state index >= 15 is 0 Å². The first-order chi connectivity index (χ1) is 13.7. The van der Waals surface area contributed by atoms with Gasteiger partial charge in [0.25, 0.3) is 11.8 Å². The fourth-order valence-corrected chi connectivity index (χ4v) is 3.17. The van der Waals surface area contributed by atoms with Crippen LogP contribution in [-0.2, 0) is 14.3 Å². The molecule has 0 bridgehead atoms. The summed E-state index contributed by atoms with van der Waals surface area (Å²) < 4.78 is 5.14. The molecule has 2 aromatic rings. The summed E-state index contributed by atoms with van der Waals surface area (Å²) in [5.74, 6) is -1.67. The molecule has 29 heavy (non-hydrogen) atoms. The molecule has 1 heterocycles. The molecule has 1 aliphatic heterocycles. The lowest BCUT2D eigenvalue weighted by Gasteiger charge is -2.18. The van der Waals surface area contributed by atoms with Gasteiger partial charge in [0, 0.05) is 10.7 Å². The second-order valence-electron chi connectivity index (χ2n) is 6.68. The molecule has 0 aliphatic carbocycles. The molecule has 0 spiro atoms. The van der Waals surface area contributed by atoms with E-state index in [1.165, 1.54) is 0 Å². The highest BCUT2D eigenvalue weighted by Crippen LogP contribution is 2.34. The van der Waals surface area contributed by atoms with Gasteiger partial charge in [0.05, 0.1) is 17.4 Å². The van der Waals surface area contributed by atoms with Crippen molar-refractivity contribution < 1.29 is 19.1 Å². The van der Waals surface area contributed by atoms with E-state index < -0.39 is 17.8 Å². The van der Waals surface area contributed by atoms with Crippen molar-refractivity contribution in [3.8, 4) is 0 Å². The molecule has 2 aromatic carbocycles. The third kappa shape index (κ3) is 4.13. The van der Waals surface area contributed by atoms with Gasteiger partial charge in [0.1, 0.15) is 10.7 Å². The molecule has 0 saturated carbocycles. The lowest BCUT2D eigenvalue weighted by Crippen LogP contribution is -2.32. The van der Waals surface area contributed by atoms with E-state index in [9.17, 15) is 14.4 Å². The van der Waals surface area contributed by atoms with Crippen LogP contribution in [0.3, 0.4) is 0 Å². The van der Waals surface area contributed by atoms with Crippen LogP contribution < -0.4 is 10.2 Å². The highest BCUT2D eigenvalue weighted by Gasteiger charge is 2.39. The van der Waals surface area contributed by atoms with Crippen LogP contribution in [0.25, 0.3) is 0 Å². The molecule has 0 saturated heterocycles. The zero-order valence-corrected chi connectivity index (χ0v) is 17.5. The predicted octanol–water partition coefficient (Wildman–Crippen LogP) is 4.65. The number of esters is 1. The molecule has 1 aliphatic rings. The largest absolute Gasteiger partial charge is 0.459 e. The highest BCUT2D eigenvalue weighted by atomic mass is 35.5. The van der Waals surface area contributed by atoms with Gasteiger partial charge in [-0.3, -0.25) is 9.59 Å². The van der Waals surface area contributed by atoms with Gasteiger partial charge < -0.3 is 10.1 Å². The maximum absolute atomic E-state index is 12.9. The van der Waals surface area contributed by atoms with Crippen molar-refractivity contribution in [1.29, 1.82) is 0 Å². The normalized spacial score (nSPS) is 14.1. The molecule has 0 atom stereocenters. The Balaban J connectivity index is 1.83. The SMILES string of the molecule is Cc1c(Cl)cccc1N1C(=O)C(Cl)=C(Nc2ccc(C(=O)OC(C)C)cc2)C1=O. The number of rotatable bonds is 5. The average Bonchev–Trinajstić information content (AvgIpc) is 2.88. The molecule has 0 fully saturated rings. The van der Waals surface area contributed by atoms with Crippen LogP contribution in [0.5, 0.6) is 0 Å². The number of ether oxygens (including phenoxy) is 1. The summed E-state index contributed by atoms with van der Waals surface area (Å²) in [7, 11) is 0. The molecular weight excluding hydrogens is 415 g/mol. The summed E-state index contributed by atoms with van der Waals surface area (Å²) in [5, 5.41) is 3.07. The van der Waals surface area contributed by atoms with Crippen molar-refractivity contribution in [3.63, 3.8) is 0 Å². The van der Waals surface area contributed by atoms with Crippen LogP contribution in [0.1, 0.15) is 29.8 Å². The average molecular weight is 433 g/mol. The van der Waals surface area contributed by atoms with Gasteiger partial charge in [0.2, 0.25) is 0 Å². The first-order valence-corrected chi connectivity index (χ1v) is 9.58. The molecule has 6 nitrogen and oxygen atoms in total. The molecule has 8 heteroatoms. The number of halogens is 2. The monoisotopic (exact) mass is 432 g/mol. The van der Waals surface area contributed by atoms with Crippen molar-refractivity contribution in [1.82, 2.24) is 0 Å². The summed E-state index contributed by atoms with van der Waals surface area (Å²) >= 11 is 12.3. The van der Waals surface area contributed by atoms with E-state index in [0.29, 0.717) is 27.5 Å². The fraction of sp³-hybridized carbons (Fsp3) is 0.190. The first-order valence-electron chi connectivity index (χ1n) is 8.82. The molecule has 0 aromatic heterocycles. The van der Waals surface area contributed by atoms with E-state index in [1.807, 2.05) is 0 Å². The molecular formula is C21H18Cl2N2O4. The van der Waals surface area contributed by atoms with Crippen molar-refractivity contribution in [3.05, 3.63) is 69.3 Å². The Bertz CT molecular complexity index is 1030. The lowest BCUT2D eigenvalue weighted by atomic mass is 10.2. The van der Waals surface area contributed by atoms with Crippen molar-refractivity contribution in [2.24, 2.45) is 0 Å². The van der Waals surface area contributed by atoms with Crippen molar-refractivity contribution in [2.75, 3.05) is 10.2 Å². The van der Waals surface area contributed by atoms with Crippen LogP contribution in [0.2, 0.25) is 5.02 Å². The summed E-state index contributed by atoms with van der Waals surface area (Å²) in [6.07, 6.45) is -0.229. The number of hydrogen-bond acceptors (Lipinski definition) is 5. The molecule has 3 rings (SSSR count). The van der Waals surface area contributed by atoms with Gasteiger partial charge >= 0.3 is 5.97 Å². The molecule has 2 amide bonds. The number of nitrogens with zero attached hydrogens (tertiary/aromatic N) is 1. The predicted molar refractivity (Wildman–Crippen MR) is 112 cm³/mol. The number of hydrogen-bond donors (Lipinski definition) is 1. The van der Waals surface area contributed by atoms with E-state index in [2.05, 4.69) is 5.32 Å². The highest BCUT2D eigenvalue weighted by molar-refractivity contribution is 6.53. The smallest absolute Gasteiger partial charge is 0.338 e. The van der Waals surface area contributed by atoms with Gasteiger partial charge in [-0.25, -0.2) is 9.69 Å². The number of benzene rings is 2. The third-order valence-corrected chi connectivity index (χ3v) is 5.00. The molecule has 0 unspecified atom stereocenters. The summed E-state index contributed by atoms with van der Waals surface area (Å²) in [6, 6.07) is 11.3. The number of anilines is 2. The van der Waals surface area contributed by atoms with Crippen LogP contribution in [0.4, 0.5) is 11.4 Å². The number of carbonyl (C=O) groups excluding carboxylic acids is 3. The van der Waals surface area contributed by atoms with E-state index in [-0.39, 0.29) is 16.8 Å². The molecule has 1 N–H and O–H groups in total. The summed E-state index contributed by atoms with van der Waals surface area (Å²) in [4.78, 5) is 38.4. The lowest BCUT2D eigenvalue weighted by molar-refractivity contribution is -0.120. The van der Waals surface area contributed by atoms with Gasteiger partial charge in [-0.1, -0.05) is 29.3 Å². The van der Waals surface area contributed by atoms with Gasteiger partial charge in [0.15, 0.2) is 0 Å². The zero-order chi connectivity index (χ0) is 21.3. The summed E-state index contributed by atoms with van der Waals surface area (Å²) in [6.45, 7) is 5.24. The Morgan fingerprint density at radius 1 is 1.03 bits per heavy atom. The van der Waals surface area contributed by atoms with Crippen molar-refractivity contribution in [2.45, 2.75) is 26.9 Å². The Morgan fingerprint density at radius 2 is 1.69 bits per heavy atom. The van der Waals surface area contributed by atoms with Crippen LogP contribution >= 0.6 is 23.2 Å².